The lowest BCUT2D eigenvalue weighted by Crippen LogP contribution is -2.03. The van der Waals surface area contributed by atoms with Gasteiger partial charge in [-0.25, -0.2) is 4.68 Å². The minimum Gasteiger partial charge on any atom is -0.506 e. The summed E-state index contributed by atoms with van der Waals surface area (Å²) >= 11 is 5.83. The van der Waals surface area contributed by atoms with Crippen LogP contribution in [0.1, 0.15) is 28.5 Å². The van der Waals surface area contributed by atoms with Gasteiger partial charge in [-0.3, -0.25) is 0 Å². The SMILES string of the molecule is Cc1cc(C)cc(C(O)Cc2cn(-c3ccc(Cl)cc3O)nn2)c1. The molecule has 2 N–H and O–H groups in total. The van der Waals surface area contributed by atoms with Crippen molar-refractivity contribution in [1.29, 1.82) is 0 Å². The fourth-order valence-electron chi connectivity index (χ4n) is 2.72. The van der Waals surface area contributed by atoms with Crippen molar-refractivity contribution in [2.24, 2.45) is 0 Å². The number of rotatable bonds is 4. The number of nitrogens with zero attached hydrogens (tertiary/aromatic N) is 3. The van der Waals surface area contributed by atoms with Crippen LogP contribution in [0.15, 0.2) is 42.6 Å². The van der Waals surface area contributed by atoms with Crippen LogP contribution in [0.25, 0.3) is 5.69 Å². The molecule has 3 aromatic rings. The van der Waals surface area contributed by atoms with Crippen LogP contribution in [0.5, 0.6) is 5.75 Å². The monoisotopic (exact) mass is 343 g/mol. The predicted molar refractivity (Wildman–Crippen MR) is 92.6 cm³/mol. The van der Waals surface area contributed by atoms with Gasteiger partial charge in [-0.1, -0.05) is 46.1 Å². The minimum absolute atomic E-state index is 0.0220. The third kappa shape index (κ3) is 3.58. The van der Waals surface area contributed by atoms with E-state index >= 15 is 0 Å². The van der Waals surface area contributed by atoms with Gasteiger partial charge in [-0.15, -0.1) is 5.10 Å². The molecule has 0 amide bonds. The lowest BCUT2D eigenvalue weighted by Gasteiger charge is -2.11. The van der Waals surface area contributed by atoms with Gasteiger partial charge in [0.1, 0.15) is 11.4 Å². The quantitative estimate of drug-likeness (QED) is 0.760. The molecular formula is C18H18ClN3O2. The second-order valence-electron chi connectivity index (χ2n) is 5.93. The van der Waals surface area contributed by atoms with Crippen molar-refractivity contribution in [3.8, 4) is 11.4 Å². The number of aryl methyl sites for hydroxylation is 2. The van der Waals surface area contributed by atoms with Crippen molar-refractivity contribution in [2.45, 2.75) is 26.4 Å². The molecular weight excluding hydrogens is 326 g/mol. The van der Waals surface area contributed by atoms with Gasteiger partial charge in [0.15, 0.2) is 0 Å². The average molecular weight is 344 g/mol. The first-order valence-electron chi connectivity index (χ1n) is 7.59. The summed E-state index contributed by atoms with van der Waals surface area (Å²) in [5, 5.41) is 28.9. The summed E-state index contributed by atoms with van der Waals surface area (Å²) in [5.74, 6) is 0.0220. The average Bonchev–Trinajstić information content (AvgIpc) is 2.94. The molecule has 1 aromatic heterocycles. The van der Waals surface area contributed by atoms with Crippen LogP contribution in [0.2, 0.25) is 5.02 Å². The molecule has 6 heteroatoms. The van der Waals surface area contributed by atoms with E-state index in [2.05, 4.69) is 16.4 Å². The van der Waals surface area contributed by atoms with E-state index in [1.807, 2.05) is 26.0 Å². The first kappa shape index (κ1) is 16.5. The van der Waals surface area contributed by atoms with Gasteiger partial charge in [0, 0.05) is 17.5 Å². The lowest BCUT2D eigenvalue weighted by atomic mass is 10.0. The maximum atomic E-state index is 10.4. The highest BCUT2D eigenvalue weighted by molar-refractivity contribution is 6.30. The second-order valence-corrected chi connectivity index (χ2v) is 6.36. The van der Waals surface area contributed by atoms with Crippen LogP contribution in [-0.4, -0.2) is 25.2 Å². The van der Waals surface area contributed by atoms with Gasteiger partial charge < -0.3 is 10.2 Å². The standard InChI is InChI=1S/C18H18ClN3O2/c1-11-5-12(2)7-13(6-11)17(23)9-15-10-22(21-20-15)16-4-3-14(19)8-18(16)24/h3-8,10,17,23-24H,9H2,1-2H3. The number of halogens is 1. The number of phenols is 1. The van der Waals surface area contributed by atoms with Gasteiger partial charge in [0.2, 0.25) is 0 Å². The third-order valence-corrected chi connectivity index (χ3v) is 3.99. The topological polar surface area (TPSA) is 71.2 Å². The number of aromatic hydroxyl groups is 1. The van der Waals surface area contributed by atoms with Crippen LogP contribution in [-0.2, 0) is 6.42 Å². The van der Waals surface area contributed by atoms with E-state index in [1.54, 1.807) is 18.3 Å². The van der Waals surface area contributed by atoms with Crippen molar-refractivity contribution in [2.75, 3.05) is 0 Å². The van der Waals surface area contributed by atoms with E-state index < -0.39 is 6.10 Å². The molecule has 2 aromatic carbocycles. The summed E-state index contributed by atoms with van der Waals surface area (Å²) < 4.78 is 1.47. The molecule has 1 heterocycles. The van der Waals surface area contributed by atoms with Crippen LogP contribution in [0.3, 0.4) is 0 Å². The zero-order valence-electron chi connectivity index (χ0n) is 13.4. The van der Waals surface area contributed by atoms with Gasteiger partial charge in [-0.2, -0.15) is 0 Å². The summed E-state index contributed by atoms with van der Waals surface area (Å²) in [6, 6.07) is 10.8. The molecule has 0 bridgehead atoms. The predicted octanol–water partition coefficient (Wildman–Crippen LogP) is 3.52. The summed E-state index contributed by atoms with van der Waals surface area (Å²) in [6.45, 7) is 4.01. The van der Waals surface area contributed by atoms with E-state index in [0.29, 0.717) is 22.8 Å². The Morgan fingerprint density at radius 3 is 2.50 bits per heavy atom. The second kappa shape index (κ2) is 6.63. The van der Waals surface area contributed by atoms with Crippen molar-refractivity contribution in [3.63, 3.8) is 0 Å². The van der Waals surface area contributed by atoms with Crippen molar-refractivity contribution >= 4 is 11.6 Å². The van der Waals surface area contributed by atoms with Crippen LogP contribution < -0.4 is 0 Å². The largest absolute Gasteiger partial charge is 0.506 e. The van der Waals surface area contributed by atoms with Gasteiger partial charge in [0.25, 0.3) is 0 Å². The van der Waals surface area contributed by atoms with Crippen molar-refractivity contribution in [3.05, 3.63) is 70.0 Å². The number of aromatic nitrogens is 3. The Hall–Kier alpha value is -2.37. The Morgan fingerprint density at radius 1 is 1.12 bits per heavy atom. The summed E-state index contributed by atoms with van der Waals surface area (Å²) in [7, 11) is 0. The molecule has 0 aliphatic carbocycles. The van der Waals surface area contributed by atoms with Gasteiger partial charge >= 0.3 is 0 Å². The molecule has 0 radical (unpaired) electrons. The Morgan fingerprint density at radius 2 is 1.83 bits per heavy atom. The number of phenolic OH excluding ortho intramolecular Hbond substituents is 1. The number of aliphatic hydroxyl groups excluding tert-OH is 1. The molecule has 0 spiro atoms. The molecule has 3 rings (SSSR count). The molecule has 0 saturated carbocycles. The highest BCUT2D eigenvalue weighted by Crippen LogP contribution is 2.25. The Bertz CT molecular complexity index is 856. The van der Waals surface area contributed by atoms with Gasteiger partial charge in [-0.05, 0) is 31.5 Å². The molecule has 5 nitrogen and oxygen atoms in total. The Balaban J connectivity index is 1.80. The number of hydrogen-bond acceptors (Lipinski definition) is 4. The number of benzene rings is 2. The van der Waals surface area contributed by atoms with E-state index in [-0.39, 0.29) is 5.75 Å². The number of hydrogen-bond donors (Lipinski definition) is 2. The number of aliphatic hydroxyl groups is 1. The van der Waals surface area contributed by atoms with Crippen molar-refractivity contribution in [1.82, 2.24) is 15.0 Å². The van der Waals surface area contributed by atoms with E-state index in [1.165, 1.54) is 10.7 Å². The van der Waals surface area contributed by atoms with E-state index in [4.69, 9.17) is 11.6 Å². The maximum Gasteiger partial charge on any atom is 0.142 e. The molecule has 0 aliphatic heterocycles. The van der Waals surface area contributed by atoms with Crippen LogP contribution in [0, 0.1) is 13.8 Å². The lowest BCUT2D eigenvalue weighted by molar-refractivity contribution is 0.177. The molecule has 0 aliphatic rings. The zero-order chi connectivity index (χ0) is 17.3. The maximum absolute atomic E-state index is 10.4. The Kier molecular flexibility index (Phi) is 4.55. The summed E-state index contributed by atoms with van der Waals surface area (Å²) in [4.78, 5) is 0. The third-order valence-electron chi connectivity index (χ3n) is 3.76. The minimum atomic E-state index is -0.660. The molecule has 0 saturated heterocycles. The normalized spacial score (nSPS) is 12.3. The fourth-order valence-corrected chi connectivity index (χ4v) is 2.88. The molecule has 0 fully saturated rings. The van der Waals surface area contributed by atoms with Gasteiger partial charge in [0.05, 0.1) is 18.0 Å². The van der Waals surface area contributed by atoms with Crippen molar-refractivity contribution < 1.29 is 10.2 Å². The fraction of sp³-hybridized carbons (Fsp3) is 0.222. The Labute approximate surface area is 145 Å². The molecule has 124 valence electrons. The van der Waals surface area contributed by atoms with E-state index in [9.17, 15) is 10.2 Å². The van der Waals surface area contributed by atoms with E-state index in [0.717, 1.165) is 16.7 Å². The summed E-state index contributed by atoms with van der Waals surface area (Å²) in [6.07, 6.45) is 1.37. The molecule has 1 unspecified atom stereocenters. The van der Waals surface area contributed by atoms with Crippen LogP contribution in [0.4, 0.5) is 0 Å². The molecule has 24 heavy (non-hydrogen) atoms. The molecule has 1 atom stereocenters. The first-order chi connectivity index (χ1) is 11.4. The first-order valence-corrected chi connectivity index (χ1v) is 7.96. The zero-order valence-corrected chi connectivity index (χ0v) is 14.2. The smallest absolute Gasteiger partial charge is 0.142 e. The summed E-state index contributed by atoms with van der Waals surface area (Å²) in [5.41, 5.74) is 4.20. The highest BCUT2D eigenvalue weighted by Gasteiger charge is 2.14. The van der Waals surface area contributed by atoms with Crippen LogP contribution >= 0.6 is 11.6 Å². The highest BCUT2D eigenvalue weighted by atomic mass is 35.5.